The van der Waals surface area contributed by atoms with Gasteiger partial charge in [0.2, 0.25) is 0 Å². The van der Waals surface area contributed by atoms with Crippen LogP contribution in [0.2, 0.25) is 0 Å². The number of aliphatic hydroxyl groups excluding tert-OH is 1. The maximum atomic E-state index is 9.30. The van der Waals surface area contributed by atoms with Gasteiger partial charge >= 0.3 is 0 Å². The molecule has 2 saturated heterocycles. The number of rotatable bonds is 1. The lowest BCUT2D eigenvalue weighted by molar-refractivity contribution is 0.0182. The minimum absolute atomic E-state index is 0.254. The van der Waals surface area contributed by atoms with Gasteiger partial charge in [0.25, 0.3) is 0 Å². The van der Waals surface area contributed by atoms with Crippen LogP contribution < -0.4 is 0 Å². The molecular weight excluding hydrogens is 162 g/mol. The fourth-order valence-electron chi connectivity index (χ4n) is 1.62. The molecule has 0 aromatic carbocycles. The Morgan fingerprint density at radius 3 is 2.83 bits per heavy atom. The number of hydrogen-bond donors (Lipinski definition) is 1. The molecule has 6 heteroatoms. The third-order valence-corrected chi connectivity index (χ3v) is 2.20. The molecule has 2 heterocycles. The largest absolute Gasteiger partial charge is 0.388 e. The first-order valence-electron chi connectivity index (χ1n) is 3.78. The maximum Gasteiger partial charge on any atom is 0.112 e. The number of aliphatic hydroxyl groups is 1. The molecule has 0 spiro atoms. The van der Waals surface area contributed by atoms with Crippen molar-refractivity contribution in [1.29, 1.82) is 0 Å². The summed E-state index contributed by atoms with van der Waals surface area (Å²) in [7, 11) is 0. The van der Waals surface area contributed by atoms with Crippen LogP contribution in [0.4, 0.5) is 0 Å². The number of fused-ring (bicyclic) bond motifs is 1. The van der Waals surface area contributed by atoms with Gasteiger partial charge in [-0.25, -0.2) is 0 Å². The molecule has 2 aliphatic heterocycles. The minimum Gasteiger partial charge on any atom is -0.388 e. The van der Waals surface area contributed by atoms with Crippen LogP contribution in [0.3, 0.4) is 0 Å². The van der Waals surface area contributed by atoms with Crippen LogP contribution in [0.25, 0.3) is 10.4 Å². The van der Waals surface area contributed by atoms with Crippen molar-refractivity contribution < 1.29 is 14.6 Å². The number of nitrogens with zero attached hydrogens (tertiary/aromatic N) is 3. The van der Waals surface area contributed by atoms with Gasteiger partial charge in [0.15, 0.2) is 0 Å². The summed E-state index contributed by atoms with van der Waals surface area (Å²) in [6.45, 7) is 0.614. The molecule has 0 aromatic heterocycles. The van der Waals surface area contributed by atoms with E-state index in [-0.39, 0.29) is 24.9 Å². The van der Waals surface area contributed by atoms with Crippen LogP contribution in [0.15, 0.2) is 5.11 Å². The first-order valence-corrected chi connectivity index (χ1v) is 3.78. The molecule has 6 nitrogen and oxygen atoms in total. The molecule has 66 valence electrons. The van der Waals surface area contributed by atoms with E-state index >= 15 is 0 Å². The van der Waals surface area contributed by atoms with Crippen molar-refractivity contribution in [2.45, 2.75) is 24.4 Å². The van der Waals surface area contributed by atoms with E-state index in [9.17, 15) is 5.11 Å². The van der Waals surface area contributed by atoms with Crippen molar-refractivity contribution in [2.24, 2.45) is 5.11 Å². The third kappa shape index (κ3) is 1.05. The molecule has 2 aliphatic rings. The molecule has 0 radical (unpaired) electrons. The van der Waals surface area contributed by atoms with E-state index in [0.717, 1.165) is 0 Å². The van der Waals surface area contributed by atoms with Gasteiger partial charge in [-0.1, -0.05) is 5.11 Å². The molecule has 0 amide bonds. The first kappa shape index (κ1) is 7.82. The highest BCUT2D eigenvalue weighted by atomic mass is 16.6. The topological polar surface area (TPSA) is 87.5 Å². The second-order valence-corrected chi connectivity index (χ2v) is 2.94. The van der Waals surface area contributed by atoms with E-state index < -0.39 is 6.10 Å². The zero-order chi connectivity index (χ0) is 8.55. The van der Waals surface area contributed by atoms with Gasteiger partial charge in [0.1, 0.15) is 12.2 Å². The molecule has 0 saturated carbocycles. The lowest BCUT2D eigenvalue weighted by Crippen LogP contribution is -2.30. The van der Waals surface area contributed by atoms with E-state index in [1.54, 1.807) is 0 Å². The molecule has 1 N–H and O–H groups in total. The normalized spacial score (nSPS) is 45.4. The Bertz CT molecular complexity index is 228. The average Bonchev–Trinajstić information content (AvgIpc) is 2.58. The molecule has 0 aliphatic carbocycles. The lowest BCUT2D eigenvalue weighted by Gasteiger charge is -2.10. The van der Waals surface area contributed by atoms with Crippen molar-refractivity contribution in [2.75, 3.05) is 13.2 Å². The van der Waals surface area contributed by atoms with Crippen LogP contribution >= 0.6 is 0 Å². The Labute approximate surface area is 68.7 Å². The Balaban J connectivity index is 2.10. The molecule has 4 atom stereocenters. The van der Waals surface area contributed by atoms with Gasteiger partial charge in [0, 0.05) is 4.91 Å². The first-order chi connectivity index (χ1) is 5.83. The summed E-state index contributed by atoms with van der Waals surface area (Å²) in [5.41, 5.74) is 8.20. The number of ether oxygens (including phenoxy) is 2. The van der Waals surface area contributed by atoms with Crippen molar-refractivity contribution in [3.05, 3.63) is 10.4 Å². The molecular formula is C6H9N3O3. The second kappa shape index (κ2) is 2.91. The van der Waals surface area contributed by atoms with E-state index in [2.05, 4.69) is 10.0 Å². The summed E-state index contributed by atoms with van der Waals surface area (Å²) in [6.07, 6.45) is -1.13. The van der Waals surface area contributed by atoms with Crippen LogP contribution in [0.1, 0.15) is 0 Å². The van der Waals surface area contributed by atoms with Gasteiger partial charge < -0.3 is 14.6 Å². The zero-order valence-corrected chi connectivity index (χ0v) is 6.33. The fraction of sp³-hybridized carbons (Fsp3) is 1.00. The maximum absolute atomic E-state index is 9.30. The van der Waals surface area contributed by atoms with Gasteiger partial charge in [-0.05, 0) is 5.53 Å². The smallest absolute Gasteiger partial charge is 0.112 e. The van der Waals surface area contributed by atoms with E-state index in [4.69, 9.17) is 15.0 Å². The van der Waals surface area contributed by atoms with Crippen molar-refractivity contribution in [3.63, 3.8) is 0 Å². The van der Waals surface area contributed by atoms with Crippen molar-refractivity contribution >= 4 is 0 Å². The average molecular weight is 171 g/mol. The van der Waals surface area contributed by atoms with Gasteiger partial charge in [-0.3, -0.25) is 0 Å². The SMILES string of the molecule is [N-]=[N+]=NC1COC2C(O)COC12. The van der Waals surface area contributed by atoms with Gasteiger partial charge in [0.05, 0.1) is 25.4 Å². The van der Waals surface area contributed by atoms with Crippen LogP contribution in [-0.4, -0.2) is 42.7 Å². The van der Waals surface area contributed by atoms with E-state index in [1.807, 2.05) is 0 Å². The molecule has 12 heavy (non-hydrogen) atoms. The summed E-state index contributed by atoms with van der Waals surface area (Å²) < 4.78 is 10.4. The van der Waals surface area contributed by atoms with Gasteiger partial charge in [-0.2, -0.15) is 0 Å². The fourth-order valence-corrected chi connectivity index (χ4v) is 1.62. The van der Waals surface area contributed by atoms with Gasteiger partial charge in [-0.15, -0.1) is 0 Å². The molecule has 0 aromatic rings. The predicted octanol–water partition coefficient (Wildman–Crippen LogP) is -0.176. The minimum atomic E-state index is -0.575. The second-order valence-electron chi connectivity index (χ2n) is 2.94. The van der Waals surface area contributed by atoms with Crippen molar-refractivity contribution in [3.8, 4) is 0 Å². The Morgan fingerprint density at radius 2 is 2.08 bits per heavy atom. The lowest BCUT2D eigenvalue weighted by atomic mass is 10.1. The number of azide groups is 1. The summed E-state index contributed by atoms with van der Waals surface area (Å²) >= 11 is 0. The summed E-state index contributed by atoms with van der Waals surface area (Å²) in [6, 6.07) is -0.280. The predicted molar refractivity (Wildman–Crippen MR) is 38.4 cm³/mol. The van der Waals surface area contributed by atoms with E-state index in [1.165, 1.54) is 0 Å². The highest BCUT2D eigenvalue weighted by Crippen LogP contribution is 2.28. The Morgan fingerprint density at radius 1 is 1.33 bits per heavy atom. The van der Waals surface area contributed by atoms with Crippen LogP contribution in [0.5, 0.6) is 0 Å². The summed E-state index contributed by atoms with van der Waals surface area (Å²) in [5.74, 6) is 0. The monoisotopic (exact) mass is 171 g/mol. The van der Waals surface area contributed by atoms with E-state index in [0.29, 0.717) is 6.61 Å². The highest BCUT2D eigenvalue weighted by Gasteiger charge is 2.46. The Hall–Kier alpha value is -0.810. The van der Waals surface area contributed by atoms with Crippen LogP contribution in [0, 0.1) is 0 Å². The summed E-state index contributed by atoms with van der Waals surface area (Å²) in [4.78, 5) is 2.69. The molecule has 2 rings (SSSR count). The standard InChI is InChI=1S/C6H9N3O3/c7-9-8-3-1-11-6-4(10)2-12-5(3)6/h3-6,10H,1-2H2. The Kier molecular flexibility index (Phi) is 1.90. The summed E-state index contributed by atoms with van der Waals surface area (Å²) in [5, 5.41) is 12.8. The number of hydrogen-bond acceptors (Lipinski definition) is 4. The molecule has 0 bridgehead atoms. The third-order valence-electron chi connectivity index (χ3n) is 2.20. The van der Waals surface area contributed by atoms with Crippen molar-refractivity contribution in [1.82, 2.24) is 0 Å². The highest BCUT2D eigenvalue weighted by molar-refractivity contribution is 4.97. The zero-order valence-electron chi connectivity index (χ0n) is 6.33. The molecule has 2 fully saturated rings. The van der Waals surface area contributed by atoms with Crippen LogP contribution in [-0.2, 0) is 9.47 Å². The quantitative estimate of drug-likeness (QED) is 0.337. The molecule has 4 unspecified atom stereocenters.